The Bertz CT molecular complexity index is 1490. The van der Waals surface area contributed by atoms with Crippen molar-refractivity contribution in [3.63, 3.8) is 0 Å². The van der Waals surface area contributed by atoms with E-state index in [-0.39, 0.29) is 28.6 Å². The van der Waals surface area contributed by atoms with Gasteiger partial charge in [0.05, 0.1) is 18.4 Å². The first-order chi connectivity index (χ1) is 17.0. The number of aromatic amines is 1. The van der Waals surface area contributed by atoms with E-state index in [0.29, 0.717) is 17.8 Å². The maximum atomic E-state index is 13.8. The molecule has 0 saturated carbocycles. The number of hydrogen-bond donors (Lipinski definition) is 2. The molecule has 11 heteroatoms. The number of sulfonamides is 1. The molecule has 9 nitrogen and oxygen atoms in total. The fourth-order valence-corrected chi connectivity index (χ4v) is 5.34. The zero-order valence-corrected chi connectivity index (χ0v) is 21.1. The van der Waals surface area contributed by atoms with Crippen LogP contribution in [-0.4, -0.2) is 43.5 Å². The standard InChI is InChI=1S/C25H27FN4O5S/c1-15-11-13-30(25(15,2)3)22-18(23(31)29-36(33,34)21-6-5-12-27-24(21)32)9-10-19(28-22)17-8-7-16(26)14-20(17)35-4/h5-10,12,14-15H,11,13H2,1-4H3,(H,27,32)(H,29,31). The summed E-state index contributed by atoms with van der Waals surface area (Å²) in [6, 6.07) is 9.54. The van der Waals surface area contributed by atoms with Crippen LogP contribution in [0.3, 0.4) is 0 Å². The van der Waals surface area contributed by atoms with Crippen molar-refractivity contribution in [3.05, 3.63) is 70.4 Å². The minimum atomic E-state index is -4.45. The lowest BCUT2D eigenvalue weighted by molar-refractivity contribution is 0.0981. The summed E-state index contributed by atoms with van der Waals surface area (Å²) in [5.74, 6) is -0.574. The molecule has 1 amide bonds. The number of aromatic nitrogens is 2. The number of H-pyrrole nitrogens is 1. The van der Waals surface area contributed by atoms with Gasteiger partial charge < -0.3 is 14.6 Å². The lowest BCUT2D eigenvalue weighted by Crippen LogP contribution is -2.44. The van der Waals surface area contributed by atoms with Crippen LogP contribution in [0.5, 0.6) is 5.75 Å². The van der Waals surface area contributed by atoms with E-state index in [1.54, 1.807) is 6.07 Å². The van der Waals surface area contributed by atoms with Crippen molar-refractivity contribution in [1.29, 1.82) is 0 Å². The molecule has 0 bridgehead atoms. The molecule has 3 aromatic rings. The first-order valence-corrected chi connectivity index (χ1v) is 12.8. The van der Waals surface area contributed by atoms with E-state index in [1.807, 2.05) is 23.5 Å². The molecule has 0 spiro atoms. The summed E-state index contributed by atoms with van der Waals surface area (Å²) in [6.07, 6.45) is 2.14. The van der Waals surface area contributed by atoms with E-state index >= 15 is 0 Å². The van der Waals surface area contributed by atoms with Crippen LogP contribution in [0.25, 0.3) is 11.3 Å². The molecular formula is C25H27FN4O5S. The second-order valence-corrected chi connectivity index (χ2v) is 10.9. The van der Waals surface area contributed by atoms with Crippen molar-refractivity contribution in [1.82, 2.24) is 14.7 Å². The number of hydrogen-bond acceptors (Lipinski definition) is 7. The van der Waals surface area contributed by atoms with E-state index in [9.17, 15) is 22.4 Å². The Labute approximate surface area is 208 Å². The van der Waals surface area contributed by atoms with Crippen molar-refractivity contribution in [2.45, 2.75) is 37.6 Å². The molecule has 2 N–H and O–H groups in total. The quantitative estimate of drug-likeness (QED) is 0.518. The van der Waals surface area contributed by atoms with Crippen LogP contribution in [0.2, 0.25) is 0 Å². The smallest absolute Gasteiger partial charge is 0.269 e. The third kappa shape index (κ3) is 4.58. The monoisotopic (exact) mass is 514 g/mol. The van der Waals surface area contributed by atoms with Crippen molar-refractivity contribution in [2.24, 2.45) is 5.92 Å². The zero-order chi connectivity index (χ0) is 26.3. The van der Waals surface area contributed by atoms with E-state index in [0.717, 1.165) is 12.5 Å². The lowest BCUT2D eigenvalue weighted by atomic mass is 9.90. The molecule has 1 atom stereocenters. The number of ether oxygens (including phenoxy) is 1. The Morgan fingerprint density at radius 2 is 2.00 bits per heavy atom. The maximum absolute atomic E-state index is 13.8. The number of carbonyl (C=O) groups is 1. The number of nitrogens with one attached hydrogen (secondary N) is 2. The second-order valence-electron chi connectivity index (χ2n) is 9.21. The van der Waals surface area contributed by atoms with E-state index in [4.69, 9.17) is 9.72 Å². The molecule has 190 valence electrons. The van der Waals surface area contributed by atoms with Crippen LogP contribution in [0.4, 0.5) is 10.2 Å². The number of rotatable bonds is 6. The van der Waals surface area contributed by atoms with Gasteiger partial charge in [-0.05, 0) is 62.6 Å². The van der Waals surface area contributed by atoms with Crippen LogP contribution in [0.1, 0.15) is 37.6 Å². The average Bonchev–Trinajstić information content (AvgIpc) is 3.10. The number of amides is 1. The van der Waals surface area contributed by atoms with Crippen molar-refractivity contribution in [3.8, 4) is 17.0 Å². The lowest BCUT2D eigenvalue weighted by Gasteiger charge is -2.36. The first-order valence-electron chi connectivity index (χ1n) is 11.3. The fourth-order valence-electron chi connectivity index (χ4n) is 4.32. The van der Waals surface area contributed by atoms with Crippen molar-refractivity contribution >= 4 is 21.7 Å². The summed E-state index contributed by atoms with van der Waals surface area (Å²) in [5, 5.41) is 0. The molecule has 0 aliphatic carbocycles. The van der Waals surface area contributed by atoms with Gasteiger partial charge in [0.25, 0.3) is 21.5 Å². The minimum Gasteiger partial charge on any atom is -0.496 e. The SMILES string of the molecule is COc1cc(F)ccc1-c1ccc(C(=O)NS(=O)(=O)c2ccc[nH]c2=O)c(N2CCC(C)C2(C)C)n1. The molecule has 36 heavy (non-hydrogen) atoms. The highest BCUT2D eigenvalue weighted by molar-refractivity contribution is 7.90. The predicted octanol–water partition coefficient (Wildman–Crippen LogP) is 3.33. The second kappa shape index (κ2) is 9.38. The molecule has 4 rings (SSSR count). The number of halogens is 1. The Morgan fingerprint density at radius 1 is 1.25 bits per heavy atom. The molecule has 3 heterocycles. The molecule has 1 aliphatic heterocycles. The van der Waals surface area contributed by atoms with Crippen molar-refractivity contribution in [2.75, 3.05) is 18.6 Å². The summed E-state index contributed by atoms with van der Waals surface area (Å²) < 4.78 is 46.7. The molecule has 0 radical (unpaired) electrons. The van der Waals surface area contributed by atoms with Crippen LogP contribution in [-0.2, 0) is 10.0 Å². The van der Waals surface area contributed by atoms with E-state index < -0.39 is 32.2 Å². The van der Waals surface area contributed by atoms with Crippen molar-refractivity contribution < 1.29 is 22.3 Å². The van der Waals surface area contributed by atoms with Crippen LogP contribution >= 0.6 is 0 Å². The number of carbonyl (C=O) groups excluding carboxylic acids is 1. The molecule has 1 unspecified atom stereocenters. The summed E-state index contributed by atoms with van der Waals surface area (Å²) >= 11 is 0. The van der Waals surface area contributed by atoms with Gasteiger partial charge >= 0.3 is 0 Å². The summed E-state index contributed by atoms with van der Waals surface area (Å²) in [6.45, 7) is 6.74. The Balaban J connectivity index is 1.82. The number of pyridine rings is 2. The summed E-state index contributed by atoms with van der Waals surface area (Å²) in [7, 11) is -3.03. The number of anilines is 1. The highest BCUT2D eigenvalue weighted by atomic mass is 32.2. The van der Waals surface area contributed by atoms with Crippen LogP contribution in [0, 0.1) is 11.7 Å². The van der Waals surface area contributed by atoms with Gasteiger partial charge in [0.2, 0.25) is 0 Å². The van der Waals surface area contributed by atoms with Gasteiger partial charge in [-0.2, -0.15) is 0 Å². The molecule has 1 saturated heterocycles. The molecule has 2 aromatic heterocycles. The molecule has 1 fully saturated rings. The summed E-state index contributed by atoms with van der Waals surface area (Å²) in [5.41, 5.74) is -0.262. The van der Waals surface area contributed by atoms with Gasteiger partial charge in [0, 0.05) is 29.9 Å². The van der Waals surface area contributed by atoms with Gasteiger partial charge in [-0.25, -0.2) is 22.5 Å². The van der Waals surface area contributed by atoms with E-state index in [1.165, 1.54) is 43.6 Å². The largest absolute Gasteiger partial charge is 0.496 e. The van der Waals surface area contributed by atoms with Gasteiger partial charge in [-0.15, -0.1) is 0 Å². The van der Waals surface area contributed by atoms with Gasteiger partial charge in [-0.1, -0.05) is 6.92 Å². The van der Waals surface area contributed by atoms with Crippen LogP contribution in [0.15, 0.2) is 58.4 Å². The third-order valence-corrected chi connectivity index (χ3v) is 8.16. The van der Waals surface area contributed by atoms with Gasteiger partial charge in [0.15, 0.2) is 4.90 Å². The number of methoxy groups -OCH3 is 1. The number of nitrogens with zero attached hydrogens (tertiary/aromatic N) is 2. The van der Waals surface area contributed by atoms with E-state index in [2.05, 4.69) is 11.9 Å². The first kappa shape index (κ1) is 25.4. The van der Waals surface area contributed by atoms with Gasteiger partial charge in [0.1, 0.15) is 17.4 Å². The third-order valence-electron chi connectivity index (χ3n) is 6.80. The Morgan fingerprint density at radius 3 is 2.64 bits per heavy atom. The molecular weight excluding hydrogens is 487 g/mol. The van der Waals surface area contributed by atoms with Crippen LogP contribution < -0.4 is 19.9 Å². The Hall–Kier alpha value is -3.73. The normalized spacial score (nSPS) is 17.1. The summed E-state index contributed by atoms with van der Waals surface area (Å²) in [4.78, 5) is 33.7. The average molecular weight is 515 g/mol. The zero-order valence-electron chi connectivity index (χ0n) is 20.3. The molecule has 1 aromatic carbocycles. The highest BCUT2D eigenvalue weighted by Crippen LogP contribution is 2.40. The topological polar surface area (TPSA) is 121 Å². The highest BCUT2D eigenvalue weighted by Gasteiger charge is 2.41. The van der Waals surface area contributed by atoms with Gasteiger partial charge in [-0.3, -0.25) is 9.59 Å². The molecule has 1 aliphatic rings. The Kier molecular flexibility index (Phi) is 6.61. The predicted molar refractivity (Wildman–Crippen MR) is 133 cm³/mol. The minimum absolute atomic E-state index is 0.0259. The number of benzene rings is 1. The maximum Gasteiger partial charge on any atom is 0.269 e. The fraction of sp³-hybridized carbons (Fsp3) is 0.320.